The second-order valence-electron chi connectivity index (χ2n) is 9.28. The van der Waals surface area contributed by atoms with Gasteiger partial charge in [-0.1, -0.05) is 81.3 Å². The average Bonchev–Trinajstić information content (AvgIpc) is 3.24. The normalized spacial score (nSPS) is 13.6. The molecule has 0 radical (unpaired) electrons. The summed E-state index contributed by atoms with van der Waals surface area (Å²) in [6.45, 7) is 13.0. The Morgan fingerprint density at radius 2 is 1.16 bits per heavy atom. The molecule has 0 bridgehead atoms. The number of aryl methyl sites for hydroxylation is 2. The zero-order valence-electron chi connectivity index (χ0n) is 20.0. The van der Waals surface area contributed by atoms with Crippen LogP contribution in [-0.2, 0) is 5.41 Å². The van der Waals surface area contributed by atoms with E-state index < -0.39 is 0 Å². The van der Waals surface area contributed by atoms with Crippen LogP contribution in [0, 0.1) is 13.8 Å². The van der Waals surface area contributed by atoms with E-state index in [-0.39, 0.29) is 5.41 Å². The van der Waals surface area contributed by atoms with Crippen LogP contribution in [0.3, 0.4) is 0 Å². The molecule has 0 aliphatic heterocycles. The van der Waals surface area contributed by atoms with Crippen molar-refractivity contribution in [1.82, 2.24) is 4.57 Å². The maximum Gasteiger partial charge on any atom is 0.0541 e. The highest BCUT2D eigenvalue weighted by Crippen LogP contribution is 2.49. The molecular weight excluding hydrogens is 386 g/mol. The molecule has 1 aliphatic carbocycles. The minimum absolute atomic E-state index is 0.00781. The van der Waals surface area contributed by atoms with Gasteiger partial charge in [0.05, 0.1) is 11.0 Å². The van der Waals surface area contributed by atoms with Gasteiger partial charge in [0.1, 0.15) is 0 Å². The topological polar surface area (TPSA) is 4.93 Å². The van der Waals surface area contributed by atoms with Crippen molar-refractivity contribution in [2.45, 2.75) is 47.0 Å². The van der Waals surface area contributed by atoms with Crippen molar-refractivity contribution in [1.29, 1.82) is 0 Å². The Labute approximate surface area is 191 Å². The highest BCUT2D eigenvalue weighted by atomic mass is 15.0. The Morgan fingerprint density at radius 3 is 1.78 bits per heavy atom. The van der Waals surface area contributed by atoms with Crippen LogP contribution in [0.4, 0.5) is 0 Å². The summed E-state index contributed by atoms with van der Waals surface area (Å²) in [6.07, 6.45) is 0. The Kier molecular flexibility index (Phi) is 4.74. The highest BCUT2D eigenvalue weighted by Gasteiger charge is 2.35. The molecule has 0 amide bonds. The van der Waals surface area contributed by atoms with E-state index in [0.29, 0.717) is 0 Å². The van der Waals surface area contributed by atoms with E-state index in [1.807, 2.05) is 13.8 Å². The monoisotopic (exact) mass is 417 g/mol. The van der Waals surface area contributed by atoms with Crippen LogP contribution in [0.25, 0.3) is 38.6 Å². The molecule has 1 aliphatic rings. The third-order valence-electron chi connectivity index (χ3n) is 6.90. The van der Waals surface area contributed by atoms with Gasteiger partial charge in [-0.3, -0.25) is 0 Å². The molecule has 0 atom stereocenters. The largest absolute Gasteiger partial charge is 0.309 e. The number of fused-ring (bicyclic) bond motifs is 6. The van der Waals surface area contributed by atoms with Crippen LogP contribution in [0.1, 0.15) is 49.9 Å². The molecule has 0 saturated carbocycles. The van der Waals surface area contributed by atoms with Crippen LogP contribution in [0.5, 0.6) is 0 Å². The van der Waals surface area contributed by atoms with E-state index >= 15 is 0 Å². The molecule has 6 rings (SSSR count). The van der Waals surface area contributed by atoms with Crippen molar-refractivity contribution < 1.29 is 0 Å². The Morgan fingerprint density at radius 1 is 0.594 bits per heavy atom. The predicted molar refractivity (Wildman–Crippen MR) is 139 cm³/mol. The quantitative estimate of drug-likeness (QED) is 0.257. The summed E-state index contributed by atoms with van der Waals surface area (Å²) in [7, 11) is 0. The van der Waals surface area contributed by atoms with Crippen molar-refractivity contribution in [3.8, 4) is 16.8 Å². The smallest absolute Gasteiger partial charge is 0.0541 e. The van der Waals surface area contributed by atoms with Crippen molar-refractivity contribution in [3.63, 3.8) is 0 Å². The van der Waals surface area contributed by atoms with Crippen molar-refractivity contribution in [3.05, 3.63) is 101 Å². The van der Waals surface area contributed by atoms with E-state index in [1.54, 1.807) is 0 Å². The molecule has 0 fully saturated rings. The van der Waals surface area contributed by atoms with Gasteiger partial charge >= 0.3 is 0 Å². The molecular formula is C31H31N. The third kappa shape index (κ3) is 2.84. The van der Waals surface area contributed by atoms with Gasteiger partial charge in [-0.05, 0) is 72.5 Å². The average molecular weight is 418 g/mol. The number of aromatic nitrogens is 1. The molecule has 4 aromatic carbocycles. The Bertz CT molecular complexity index is 1420. The zero-order chi connectivity index (χ0) is 22.6. The van der Waals surface area contributed by atoms with Crippen molar-refractivity contribution >= 4 is 21.8 Å². The first kappa shape index (κ1) is 20.6. The number of nitrogens with zero attached hydrogens (tertiary/aromatic N) is 1. The van der Waals surface area contributed by atoms with E-state index in [4.69, 9.17) is 0 Å². The summed E-state index contributed by atoms with van der Waals surface area (Å²) in [6, 6.07) is 29.5. The molecule has 32 heavy (non-hydrogen) atoms. The Balaban J connectivity index is 0.00000105. The van der Waals surface area contributed by atoms with Gasteiger partial charge in [-0.15, -0.1) is 0 Å². The van der Waals surface area contributed by atoms with Gasteiger partial charge in [0.2, 0.25) is 0 Å². The molecule has 1 heterocycles. The van der Waals surface area contributed by atoms with Gasteiger partial charge in [0, 0.05) is 21.9 Å². The van der Waals surface area contributed by atoms with Crippen LogP contribution in [0.2, 0.25) is 0 Å². The zero-order valence-corrected chi connectivity index (χ0v) is 20.0. The lowest BCUT2D eigenvalue weighted by Crippen LogP contribution is -2.15. The summed E-state index contributed by atoms with van der Waals surface area (Å²) < 4.78 is 2.43. The van der Waals surface area contributed by atoms with Gasteiger partial charge in [0.15, 0.2) is 0 Å². The van der Waals surface area contributed by atoms with E-state index in [2.05, 4.69) is 111 Å². The lowest BCUT2D eigenvalue weighted by molar-refractivity contribution is 0.660. The Hall–Kier alpha value is -3.32. The molecule has 0 spiro atoms. The minimum atomic E-state index is 0.00781. The first-order valence-electron chi connectivity index (χ1n) is 11.7. The summed E-state index contributed by atoms with van der Waals surface area (Å²) in [5.41, 5.74) is 12.0. The molecule has 1 heteroatoms. The number of rotatable bonds is 1. The lowest BCUT2D eigenvalue weighted by Gasteiger charge is -2.22. The van der Waals surface area contributed by atoms with Gasteiger partial charge < -0.3 is 4.57 Å². The number of hydrogen-bond acceptors (Lipinski definition) is 0. The molecule has 0 saturated heterocycles. The van der Waals surface area contributed by atoms with Crippen LogP contribution in [0.15, 0.2) is 78.9 Å². The number of hydrogen-bond donors (Lipinski definition) is 0. The second kappa shape index (κ2) is 7.38. The lowest BCUT2D eigenvalue weighted by atomic mass is 9.82. The van der Waals surface area contributed by atoms with Gasteiger partial charge in [0.25, 0.3) is 0 Å². The maximum atomic E-state index is 2.43. The van der Waals surface area contributed by atoms with Crippen LogP contribution < -0.4 is 0 Å². The van der Waals surface area contributed by atoms with E-state index in [1.165, 1.54) is 60.9 Å². The number of benzene rings is 4. The third-order valence-corrected chi connectivity index (χ3v) is 6.90. The summed E-state index contributed by atoms with van der Waals surface area (Å²) in [4.78, 5) is 0. The molecule has 0 N–H and O–H groups in total. The SMILES string of the molecule is CC.Cc1ccc2c(c1)c1cc(C)ccc1n2-c1ccc2c(c1)C(C)(C)c1ccccc1-2. The summed E-state index contributed by atoms with van der Waals surface area (Å²) in [5.74, 6) is 0. The minimum Gasteiger partial charge on any atom is -0.309 e. The van der Waals surface area contributed by atoms with E-state index in [9.17, 15) is 0 Å². The molecule has 1 nitrogen and oxygen atoms in total. The van der Waals surface area contributed by atoms with Crippen LogP contribution >= 0.6 is 0 Å². The van der Waals surface area contributed by atoms with Crippen LogP contribution in [-0.4, -0.2) is 4.57 Å². The maximum absolute atomic E-state index is 2.43. The standard InChI is InChI=1S/C29H25N.C2H6/c1-18-9-13-27-23(15-18)24-16-19(2)10-14-28(24)30(27)20-11-12-22-21-7-5-6-8-25(21)29(3,4)26(22)17-20;1-2/h5-17H,1-4H3;1-2H3. The molecule has 5 aromatic rings. The fourth-order valence-electron chi connectivity index (χ4n) is 5.36. The van der Waals surface area contributed by atoms with Gasteiger partial charge in [-0.2, -0.15) is 0 Å². The fraction of sp³-hybridized carbons (Fsp3) is 0.226. The van der Waals surface area contributed by atoms with Crippen molar-refractivity contribution in [2.24, 2.45) is 0 Å². The molecule has 0 unspecified atom stereocenters. The second-order valence-corrected chi connectivity index (χ2v) is 9.28. The van der Waals surface area contributed by atoms with Crippen molar-refractivity contribution in [2.75, 3.05) is 0 Å². The predicted octanol–water partition coefficient (Wildman–Crippen LogP) is 8.73. The summed E-state index contributed by atoms with van der Waals surface area (Å²) in [5, 5.41) is 2.66. The van der Waals surface area contributed by atoms with E-state index in [0.717, 1.165) is 0 Å². The fourth-order valence-corrected chi connectivity index (χ4v) is 5.36. The first-order valence-corrected chi connectivity index (χ1v) is 11.7. The first-order chi connectivity index (χ1) is 15.4. The summed E-state index contributed by atoms with van der Waals surface area (Å²) >= 11 is 0. The molecule has 1 aromatic heterocycles. The van der Waals surface area contributed by atoms with Gasteiger partial charge in [-0.25, -0.2) is 0 Å². The molecule has 160 valence electrons. The highest BCUT2D eigenvalue weighted by molar-refractivity contribution is 6.09.